The SMILES string of the molecule is CCc1cn[nH]c1NC(=O)c1c(C)cccc1C. The number of H-pyrrole nitrogens is 1. The maximum absolute atomic E-state index is 12.3. The van der Waals surface area contributed by atoms with E-state index in [1.165, 1.54) is 0 Å². The lowest BCUT2D eigenvalue weighted by Crippen LogP contribution is -2.16. The van der Waals surface area contributed by atoms with E-state index in [1.54, 1.807) is 6.20 Å². The van der Waals surface area contributed by atoms with Crippen LogP contribution in [0.15, 0.2) is 24.4 Å². The number of hydrogen-bond donors (Lipinski definition) is 2. The van der Waals surface area contributed by atoms with Crippen molar-refractivity contribution in [2.45, 2.75) is 27.2 Å². The Labute approximate surface area is 106 Å². The molecular formula is C14H17N3O. The second-order valence-electron chi connectivity index (χ2n) is 4.34. The molecule has 0 saturated heterocycles. The van der Waals surface area contributed by atoms with Gasteiger partial charge in [-0.25, -0.2) is 0 Å². The van der Waals surface area contributed by atoms with E-state index in [9.17, 15) is 4.79 Å². The number of rotatable bonds is 3. The van der Waals surface area contributed by atoms with Crippen molar-refractivity contribution in [1.29, 1.82) is 0 Å². The van der Waals surface area contributed by atoms with E-state index in [0.717, 1.165) is 28.7 Å². The number of benzene rings is 1. The molecule has 0 unspecified atom stereocenters. The highest BCUT2D eigenvalue weighted by Gasteiger charge is 2.14. The van der Waals surface area contributed by atoms with E-state index in [2.05, 4.69) is 15.5 Å². The standard InChI is InChI=1S/C14H17N3O/c1-4-11-8-15-17-13(11)16-14(18)12-9(2)6-5-7-10(12)3/h5-8H,4H2,1-3H3,(H2,15,16,17,18). The third kappa shape index (κ3) is 2.27. The summed E-state index contributed by atoms with van der Waals surface area (Å²) in [7, 11) is 0. The third-order valence-electron chi connectivity index (χ3n) is 3.05. The summed E-state index contributed by atoms with van der Waals surface area (Å²) in [5.74, 6) is 0.592. The molecule has 0 radical (unpaired) electrons. The molecule has 2 rings (SSSR count). The smallest absolute Gasteiger partial charge is 0.257 e. The second kappa shape index (κ2) is 5.04. The number of nitrogens with zero attached hydrogens (tertiary/aromatic N) is 1. The van der Waals surface area contributed by atoms with Crippen molar-refractivity contribution >= 4 is 11.7 Å². The van der Waals surface area contributed by atoms with E-state index in [4.69, 9.17) is 0 Å². The molecule has 94 valence electrons. The largest absolute Gasteiger partial charge is 0.307 e. The number of aromatic amines is 1. The molecule has 1 aromatic heterocycles. The van der Waals surface area contributed by atoms with Crippen molar-refractivity contribution in [1.82, 2.24) is 10.2 Å². The molecule has 18 heavy (non-hydrogen) atoms. The quantitative estimate of drug-likeness (QED) is 0.870. The van der Waals surface area contributed by atoms with E-state index >= 15 is 0 Å². The molecule has 4 nitrogen and oxygen atoms in total. The summed E-state index contributed by atoms with van der Waals surface area (Å²) in [6.07, 6.45) is 2.57. The Bertz CT molecular complexity index is 552. The van der Waals surface area contributed by atoms with Gasteiger partial charge in [-0.1, -0.05) is 25.1 Å². The van der Waals surface area contributed by atoms with Gasteiger partial charge in [0.15, 0.2) is 0 Å². The normalized spacial score (nSPS) is 10.4. The summed E-state index contributed by atoms with van der Waals surface area (Å²) in [5, 5.41) is 9.64. The van der Waals surface area contributed by atoms with Crippen LogP contribution in [0.4, 0.5) is 5.82 Å². The number of anilines is 1. The van der Waals surface area contributed by atoms with E-state index < -0.39 is 0 Å². The Morgan fingerprint density at radius 2 is 2.00 bits per heavy atom. The van der Waals surface area contributed by atoms with Crippen LogP contribution >= 0.6 is 0 Å². The number of carbonyl (C=O) groups is 1. The van der Waals surface area contributed by atoms with Crippen LogP contribution in [0.3, 0.4) is 0 Å². The van der Waals surface area contributed by atoms with E-state index in [0.29, 0.717) is 5.82 Å². The Hall–Kier alpha value is -2.10. The van der Waals surface area contributed by atoms with E-state index in [1.807, 2.05) is 39.0 Å². The van der Waals surface area contributed by atoms with Crippen LogP contribution in [0.25, 0.3) is 0 Å². The van der Waals surface area contributed by atoms with Gasteiger partial charge in [0.1, 0.15) is 5.82 Å². The number of aromatic nitrogens is 2. The molecule has 2 N–H and O–H groups in total. The molecule has 1 heterocycles. The Morgan fingerprint density at radius 1 is 1.33 bits per heavy atom. The maximum Gasteiger partial charge on any atom is 0.257 e. The molecule has 0 bridgehead atoms. The molecule has 0 spiro atoms. The molecule has 0 saturated carbocycles. The van der Waals surface area contributed by atoms with Gasteiger partial charge >= 0.3 is 0 Å². The minimum absolute atomic E-state index is 0.0930. The van der Waals surface area contributed by atoms with Crippen molar-refractivity contribution in [3.05, 3.63) is 46.6 Å². The van der Waals surface area contributed by atoms with Crippen LogP contribution in [0.1, 0.15) is 34.0 Å². The van der Waals surface area contributed by atoms with Gasteiger partial charge in [-0.05, 0) is 31.4 Å². The first-order valence-corrected chi connectivity index (χ1v) is 6.03. The summed E-state index contributed by atoms with van der Waals surface area (Å²) in [5.41, 5.74) is 3.69. The first-order chi connectivity index (χ1) is 8.63. The van der Waals surface area contributed by atoms with Gasteiger partial charge in [0, 0.05) is 11.1 Å². The van der Waals surface area contributed by atoms with Crippen molar-refractivity contribution in [2.24, 2.45) is 0 Å². The van der Waals surface area contributed by atoms with Gasteiger partial charge in [0.25, 0.3) is 5.91 Å². The predicted octanol–water partition coefficient (Wildman–Crippen LogP) is 2.84. The zero-order valence-electron chi connectivity index (χ0n) is 10.9. The van der Waals surface area contributed by atoms with Crippen LogP contribution in [0.2, 0.25) is 0 Å². The van der Waals surface area contributed by atoms with Crippen molar-refractivity contribution in [2.75, 3.05) is 5.32 Å². The summed E-state index contributed by atoms with van der Waals surface area (Å²) in [4.78, 5) is 12.3. The van der Waals surface area contributed by atoms with Gasteiger partial charge in [-0.3, -0.25) is 9.89 Å². The Morgan fingerprint density at radius 3 is 2.61 bits per heavy atom. The summed E-state index contributed by atoms with van der Waals surface area (Å²) in [6.45, 7) is 5.91. The molecule has 0 fully saturated rings. The zero-order valence-corrected chi connectivity index (χ0v) is 10.9. The molecule has 2 aromatic rings. The average molecular weight is 243 g/mol. The maximum atomic E-state index is 12.3. The van der Waals surface area contributed by atoms with Crippen LogP contribution < -0.4 is 5.32 Å². The molecule has 1 amide bonds. The topological polar surface area (TPSA) is 57.8 Å². The van der Waals surface area contributed by atoms with Crippen LogP contribution in [0, 0.1) is 13.8 Å². The summed E-state index contributed by atoms with van der Waals surface area (Å²) >= 11 is 0. The van der Waals surface area contributed by atoms with Crippen molar-refractivity contribution in [3.63, 3.8) is 0 Å². The lowest BCUT2D eigenvalue weighted by molar-refractivity contribution is 0.102. The first kappa shape index (κ1) is 12.4. The molecule has 4 heteroatoms. The Kier molecular flexibility index (Phi) is 3.46. The molecular weight excluding hydrogens is 226 g/mol. The number of amides is 1. The Balaban J connectivity index is 2.28. The fourth-order valence-corrected chi connectivity index (χ4v) is 2.04. The molecule has 0 aliphatic rings. The highest BCUT2D eigenvalue weighted by molar-refractivity contribution is 6.06. The van der Waals surface area contributed by atoms with Crippen LogP contribution in [-0.2, 0) is 6.42 Å². The minimum Gasteiger partial charge on any atom is -0.307 e. The number of carbonyl (C=O) groups excluding carboxylic acids is 1. The number of hydrogen-bond acceptors (Lipinski definition) is 2. The number of aryl methyl sites for hydroxylation is 3. The molecule has 1 aromatic carbocycles. The minimum atomic E-state index is -0.0930. The van der Waals surface area contributed by atoms with Crippen molar-refractivity contribution < 1.29 is 4.79 Å². The van der Waals surface area contributed by atoms with Crippen molar-refractivity contribution in [3.8, 4) is 0 Å². The average Bonchev–Trinajstić information content (AvgIpc) is 2.76. The van der Waals surface area contributed by atoms with Gasteiger partial charge in [0.2, 0.25) is 0 Å². The third-order valence-corrected chi connectivity index (χ3v) is 3.05. The van der Waals surface area contributed by atoms with Crippen LogP contribution in [0.5, 0.6) is 0 Å². The second-order valence-corrected chi connectivity index (χ2v) is 4.34. The molecule has 0 atom stereocenters. The van der Waals surface area contributed by atoms with Gasteiger partial charge < -0.3 is 5.32 Å². The lowest BCUT2D eigenvalue weighted by atomic mass is 10.0. The highest BCUT2D eigenvalue weighted by Crippen LogP contribution is 2.17. The number of nitrogens with one attached hydrogen (secondary N) is 2. The zero-order chi connectivity index (χ0) is 13.1. The molecule has 0 aliphatic carbocycles. The van der Waals surface area contributed by atoms with Crippen LogP contribution in [-0.4, -0.2) is 16.1 Å². The first-order valence-electron chi connectivity index (χ1n) is 6.03. The summed E-state index contributed by atoms with van der Waals surface area (Å²) in [6, 6.07) is 5.83. The van der Waals surface area contributed by atoms with Gasteiger partial charge in [0.05, 0.1) is 6.20 Å². The highest BCUT2D eigenvalue weighted by atomic mass is 16.1. The fourth-order valence-electron chi connectivity index (χ4n) is 2.04. The molecule has 0 aliphatic heterocycles. The van der Waals surface area contributed by atoms with E-state index in [-0.39, 0.29) is 5.91 Å². The van der Waals surface area contributed by atoms with Gasteiger partial charge in [-0.2, -0.15) is 5.10 Å². The lowest BCUT2D eigenvalue weighted by Gasteiger charge is -2.10. The predicted molar refractivity (Wildman–Crippen MR) is 71.8 cm³/mol. The summed E-state index contributed by atoms with van der Waals surface area (Å²) < 4.78 is 0. The fraction of sp³-hybridized carbons (Fsp3) is 0.286. The van der Waals surface area contributed by atoms with Gasteiger partial charge in [-0.15, -0.1) is 0 Å². The monoisotopic (exact) mass is 243 g/mol.